The van der Waals surface area contributed by atoms with E-state index in [4.69, 9.17) is 5.11 Å². The minimum absolute atomic E-state index is 0.0255. The molecule has 1 amide bonds. The van der Waals surface area contributed by atoms with E-state index in [9.17, 15) is 14.0 Å². The number of hydrogen-bond acceptors (Lipinski definition) is 2. The highest BCUT2D eigenvalue weighted by Crippen LogP contribution is 2.40. The average Bonchev–Trinajstić information content (AvgIpc) is 2.63. The lowest BCUT2D eigenvalue weighted by Gasteiger charge is -2.38. The van der Waals surface area contributed by atoms with Crippen LogP contribution in [-0.4, -0.2) is 23.0 Å². The van der Waals surface area contributed by atoms with Crippen LogP contribution in [0.15, 0.2) is 24.3 Å². The Morgan fingerprint density at radius 1 is 1.00 bits per heavy atom. The summed E-state index contributed by atoms with van der Waals surface area (Å²) in [7, 11) is 0. The van der Waals surface area contributed by atoms with E-state index >= 15 is 0 Å². The molecule has 2 saturated carbocycles. The van der Waals surface area contributed by atoms with Crippen molar-refractivity contribution in [3.63, 3.8) is 0 Å². The molecule has 0 radical (unpaired) electrons. The SMILES string of the molecule is O=C(O)C1CCC(NC(=O)C2(c3ccc(F)cc3)CCCCC2)CC1. The van der Waals surface area contributed by atoms with Gasteiger partial charge in [-0.2, -0.15) is 0 Å². The van der Waals surface area contributed by atoms with Crippen LogP contribution in [0.1, 0.15) is 63.4 Å². The summed E-state index contributed by atoms with van der Waals surface area (Å²) in [5, 5.41) is 12.3. The number of carboxylic acids is 1. The van der Waals surface area contributed by atoms with Gasteiger partial charge in [-0.05, 0) is 56.2 Å². The van der Waals surface area contributed by atoms with Crippen molar-refractivity contribution in [2.75, 3.05) is 0 Å². The summed E-state index contributed by atoms with van der Waals surface area (Å²) >= 11 is 0. The third kappa shape index (κ3) is 3.86. The lowest BCUT2D eigenvalue weighted by Crippen LogP contribution is -2.50. The molecule has 0 heterocycles. The van der Waals surface area contributed by atoms with Crippen molar-refractivity contribution in [3.8, 4) is 0 Å². The molecule has 0 spiro atoms. The standard InChI is InChI=1S/C20H26FNO3/c21-16-8-6-15(7-9-16)20(12-2-1-3-13-20)19(25)22-17-10-4-14(5-11-17)18(23)24/h6-9,14,17H,1-5,10-13H2,(H,22,25)(H,23,24). The lowest BCUT2D eigenvalue weighted by molar-refractivity contribution is -0.142. The minimum atomic E-state index is -0.736. The number of carboxylic acid groups (broad SMARTS) is 1. The van der Waals surface area contributed by atoms with Gasteiger partial charge in [0.1, 0.15) is 5.82 Å². The Bertz CT molecular complexity index is 614. The van der Waals surface area contributed by atoms with Crippen molar-refractivity contribution in [1.82, 2.24) is 5.32 Å². The smallest absolute Gasteiger partial charge is 0.306 e. The van der Waals surface area contributed by atoms with Gasteiger partial charge in [-0.25, -0.2) is 4.39 Å². The van der Waals surface area contributed by atoms with Gasteiger partial charge in [0.05, 0.1) is 11.3 Å². The van der Waals surface area contributed by atoms with E-state index in [-0.39, 0.29) is 23.7 Å². The molecule has 0 saturated heterocycles. The number of carbonyl (C=O) groups excluding carboxylic acids is 1. The maximum atomic E-state index is 13.3. The topological polar surface area (TPSA) is 66.4 Å². The molecule has 1 aromatic rings. The molecular weight excluding hydrogens is 321 g/mol. The molecule has 2 aliphatic rings. The maximum absolute atomic E-state index is 13.3. The van der Waals surface area contributed by atoms with Crippen LogP contribution in [-0.2, 0) is 15.0 Å². The molecule has 2 aliphatic carbocycles. The van der Waals surface area contributed by atoms with Crippen molar-refractivity contribution in [1.29, 1.82) is 0 Å². The largest absolute Gasteiger partial charge is 0.481 e. The van der Waals surface area contributed by atoms with Crippen molar-refractivity contribution in [2.24, 2.45) is 5.92 Å². The van der Waals surface area contributed by atoms with Crippen molar-refractivity contribution >= 4 is 11.9 Å². The second-order valence-corrected chi connectivity index (χ2v) is 7.51. The number of benzene rings is 1. The van der Waals surface area contributed by atoms with Crippen LogP contribution in [0.2, 0.25) is 0 Å². The van der Waals surface area contributed by atoms with Crippen molar-refractivity contribution in [2.45, 2.75) is 69.2 Å². The Morgan fingerprint density at radius 2 is 1.60 bits per heavy atom. The minimum Gasteiger partial charge on any atom is -0.481 e. The Balaban J connectivity index is 1.72. The molecule has 0 unspecified atom stereocenters. The summed E-state index contributed by atoms with van der Waals surface area (Å²) < 4.78 is 13.3. The summed E-state index contributed by atoms with van der Waals surface area (Å²) in [5.74, 6) is -1.28. The van der Waals surface area contributed by atoms with Crippen LogP contribution in [0.4, 0.5) is 4.39 Å². The quantitative estimate of drug-likeness (QED) is 0.871. The summed E-state index contributed by atoms with van der Waals surface area (Å²) in [5.41, 5.74) is 0.320. The fraction of sp³-hybridized carbons (Fsp3) is 0.600. The molecule has 25 heavy (non-hydrogen) atoms. The van der Waals surface area contributed by atoms with Crippen molar-refractivity contribution < 1.29 is 19.1 Å². The fourth-order valence-corrected chi connectivity index (χ4v) is 4.38. The molecule has 0 bridgehead atoms. The van der Waals surface area contributed by atoms with Crippen LogP contribution >= 0.6 is 0 Å². The molecule has 4 nitrogen and oxygen atoms in total. The predicted molar refractivity (Wildman–Crippen MR) is 92.7 cm³/mol. The van der Waals surface area contributed by atoms with Crippen LogP contribution in [0.5, 0.6) is 0 Å². The molecule has 5 heteroatoms. The summed E-state index contributed by atoms with van der Waals surface area (Å²) in [4.78, 5) is 24.2. The first-order valence-electron chi connectivity index (χ1n) is 9.31. The number of halogens is 1. The van der Waals surface area contributed by atoms with Gasteiger partial charge in [0, 0.05) is 6.04 Å². The van der Waals surface area contributed by atoms with Crippen LogP contribution < -0.4 is 5.32 Å². The van der Waals surface area contributed by atoms with E-state index in [1.54, 1.807) is 12.1 Å². The van der Waals surface area contributed by atoms with Crippen LogP contribution in [0.3, 0.4) is 0 Å². The Labute approximate surface area is 147 Å². The van der Waals surface area contributed by atoms with Crippen LogP contribution in [0, 0.1) is 11.7 Å². The highest BCUT2D eigenvalue weighted by Gasteiger charge is 2.42. The van der Waals surface area contributed by atoms with Gasteiger partial charge >= 0.3 is 5.97 Å². The van der Waals surface area contributed by atoms with Gasteiger partial charge in [0.15, 0.2) is 0 Å². The molecule has 136 valence electrons. The van der Waals surface area contributed by atoms with Gasteiger partial charge in [0.25, 0.3) is 0 Å². The van der Waals surface area contributed by atoms with Gasteiger partial charge in [-0.15, -0.1) is 0 Å². The van der Waals surface area contributed by atoms with E-state index < -0.39 is 11.4 Å². The third-order valence-electron chi connectivity index (χ3n) is 5.95. The molecule has 0 aromatic heterocycles. The molecular formula is C20H26FNO3. The summed E-state index contributed by atoms with van der Waals surface area (Å²) in [6, 6.07) is 6.37. The summed E-state index contributed by atoms with van der Waals surface area (Å²) in [6.07, 6.45) is 7.34. The second kappa shape index (κ2) is 7.54. The zero-order valence-corrected chi connectivity index (χ0v) is 14.5. The zero-order chi connectivity index (χ0) is 17.9. The number of nitrogens with one attached hydrogen (secondary N) is 1. The number of carbonyl (C=O) groups is 2. The maximum Gasteiger partial charge on any atom is 0.306 e. The predicted octanol–water partition coefficient (Wildman–Crippen LogP) is 3.79. The lowest BCUT2D eigenvalue weighted by atomic mass is 9.68. The number of hydrogen-bond donors (Lipinski definition) is 2. The first kappa shape index (κ1) is 17.9. The zero-order valence-electron chi connectivity index (χ0n) is 14.5. The van der Waals surface area contributed by atoms with Gasteiger partial charge < -0.3 is 10.4 Å². The third-order valence-corrected chi connectivity index (χ3v) is 5.95. The van der Waals surface area contributed by atoms with Crippen molar-refractivity contribution in [3.05, 3.63) is 35.6 Å². The average molecular weight is 347 g/mol. The molecule has 2 N–H and O–H groups in total. The molecule has 0 atom stereocenters. The Kier molecular flexibility index (Phi) is 5.40. The Morgan fingerprint density at radius 3 is 2.16 bits per heavy atom. The molecule has 3 rings (SSSR count). The number of rotatable bonds is 4. The monoisotopic (exact) mass is 347 g/mol. The number of amides is 1. The van der Waals surface area contributed by atoms with E-state index in [0.717, 1.165) is 37.7 Å². The molecule has 2 fully saturated rings. The number of aliphatic carboxylic acids is 1. The molecule has 0 aliphatic heterocycles. The first-order valence-corrected chi connectivity index (χ1v) is 9.31. The van der Waals surface area contributed by atoms with E-state index in [2.05, 4.69) is 5.32 Å². The van der Waals surface area contributed by atoms with E-state index in [0.29, 0.717) is 25.7 Å². The Hall–Kier alpha value is -1.91. The highest BCUT2D eigenvalue weighted by atomic mass is 19.1. The highest BCUT2D eigenvalue weighted by molar-refractivity contribution is 5.88. The van der Waals surface area contributed by atoms with E-state index in [1.807, 2.05) is 0 Å². The van der Waals surface area contributed by atoms with E-state index in [1.165, 1.54) is 12.1 Å². The second-order valence-electron chi connectivity index (χ2n) is 7.51. The van der Waals surface area contributed by atoms with Gasteiger partial charge in [-0.3, -0.25) is 9.59 Å². The first-order chi connectivity index (χ1) is 12.0. The fourth-order valence-electron chi connectivity index (χ4n) is 4.38. The van der Waals surface area contributed by atoms with Crippen LogP contribution in [0.25, 0.3) is 0 Å². The summed E-state index contributed by atoms with van der Waals surface area (Å²) in [6.45, 7) is 0. The van der Waals surface area contributed by atoms with Gasteiger partial charge in [0.2, 0.25) is 5.91 Å². The molecule has 1 aromatic carbocycles. The normalized spacial score (nSPS) is 26.0. The van der Waals surface area contributed by atoms with Gasteiger partial charge in [-0.1, -0.05) is 31.4 Å².